The van der Waals surface area contributed by atoms with Crippen molar-refractivity contribution in [2.24, 2.45) is 5.92 Å². The molecule has 2 bridgehead atoms. The van der Waals surface area contributed by atoms with Crippen molar-refractivity contribution in [2.45, 2.75) is 18.4 Å². The molecule has 5 nitrogen and oxygen atoms in total. The molecule has 0 N–H and O–H groups in total. The van der Waals surface area contributed by atoms with Gasteiger partial charge in [-0.3, -0.25) is 9.80 Å². The van der Waals surface area contributed by atoms with E-state index in [0.717, 1.165) is 59.1 Å². The third kappa shape index (κ3) is 2.36. The van der Waals surface area contributed by atoms with Crippen molar-refractivity contribution in [2.75, 3.05) is 31.1 Å². The standard InChI is InChI=1S/C21H20N2O3S/c24-20-23(13-21(26-20)12-22-9-7-15(21)8-10-22)19-6-5-18(27-19)17-11-14-3-1-2-4-16(14)25-17/h1-6,11,15H,7-10,12-13H2. The molecule has 0 saturated carbocycles. The first-order chi connectivity index (χ1) is 13.2. The summed E-state index contributed by atoms with van der Waals surface area (Å²) in [6.45, 7) is 3.81. The number of amides is 1. The Hall–Kier alpha value is -2.31. The van der Waals surface area contributed by atoms with Crippen molar-refractivity contribution in [3.8, 4) is 10.6 Å². The number of rotatable bonds is 2. The first-order valence-corrected chi connectivity index (χ1v) is 10.3. The summed E-state index contributed by atoms with van der Waals surface area (Å²) < 4.78 is 12.0. The Morgan fingerprint density at radius 1 is 1.07 bits per heavy atom. The number of furan rings is 1. The SMILES string of the molecule is O=C1OC2(CN3CCC2CC3)CN1c1ccc(-c2cc3ccccc3o2)s1. The Kier molecular flexibility index (Phi) is 3.26. The maximum atomic E-state index is 12.7. The fourth-order valence-electron chi connectivity index (χ4n) is 4.89. The minimum atomic E-state index is -0.322. The summed E-state index contributed by atoms with van der Waals surface area (Å²) in [6, 6.07) is 14.1. The van der Waals surface area contributed by atoms with E-state index in [1.54, 1.807) is 11.3 Å². The van der Waals surface area contributed by atoms with Crippen LogP contribution in [0.25, 0.3) is 21.6 Å². The molecule has 6 heterocycles. The number of benzene rings is 1. The topological polar surface area (TPSA) is 45.9 Å². The summed E-state index contributed by atoms with van der Waals surface area (Å²) in [7, 11) is 0. The van der Waals surface area contributed by atoms with Gasteiger partial charge in [0, 0.05) is 17.8 Å². The lowest BCUT2D eigenvalue weighted by atomic mass is 9.75. The minimum Gasteiger partial charge on any atom is -0.455 e. The summed E-state index contributed by atoms with van der Waals surface area (Å²) in [5.74, 6) is 1.34. The van der Waals surface area contributed by atoms with E-state index in [4.69, 9.17) is 9.15 Å². The molecular formula is C21H20N2O3S. The summed E-state index contributed by atoms with van der Waals surface area (Å²) in [5, 5.41) is 2.03. The molecule has 2 aromatic heterocycles. The van der Waals surface area contributed by atoms with Crippen LogP contribution in [-0.4, -0.2) is 42.8 Å². The second kappa shape index (κ2) is 5.59. The van der Waals surface area contributed by atoms with Crippen molar-refractivity contribution >= 4 is 33.4 Å². The Morgan fingerprint density at radius 3 is 2.70 bits per heavy atom. The maximum absolute atomic E-state index is 12.7. The molecular weight excluding hydrogens is 360 g/mol. The van der Waals surface area contributed by atoms with Crippen molar-refractivity contribution in [1.82, 2.24) is 4.90 Å². The normalized spacial score (nSPS) is 29.8. The second-order valence-electron chi connectivity index (χ2n) is 7.86. The molecule has 27 heavy (non-hydrogen) atoms. The van der Waals surface area contributed by atoms with E-state index < -0.39 is 0 Å². The highest BCUT2D eigenvalue weighted by Crippen LogP contribution is 2.45. The van der Waals surface area contributed by atoms with Crippen molar-refractivity contribution < 1.29 is 13.9 Å². The Morgan fingerprint density at radius 2 is 1.93 bits per heavy atom. The molecule has 0 radical (unpaired) electrons. The highest BCUT2D eigenvalue weighted by atomic mass is 32.1. The second-order valence-corrected chi connectivity index (χ2v) is 8.92. The van der Waals surface area contributed by atoms with E-state index in [2.05, 4.69) is 11.0 Å². The molecule has 7 rings (SSSR count). The smallest absolute Gasteiger partial charge is 0.415 e. The maximum Gasteiger partial charge on any atom is 0.415 e. The zero-order chi connectivity index (χ0) is 18.0. The Balaban J connectivity index is 1.30. The van der Waals surface area contributed by atoms with Gasteiger partial charge < -0.3 is 9.15 Å². The predicted octanol–water partition coefficient (Wildman–Crippen LogP) is 4.58. The van der Waals surface area contributed by atoms with Crippen molar-refractivity contribution in [3.63, 3.8) is 0 Å². The molecule has 4 fully saturated rings. The van der Waals surface area contributed by atoms with Gasteiger partial charge in [0.1, 0.15) is 21.9 Å². The highest BCUT2D eigenvalue weighted by Gasteiger charge is 2.55. The Labute approximate surface area is 161 Å². The van der Waals surface area contributed by atoms with Crippen molar-refractivity contribution in [1.29, 1.82) is 0 Å². The number of ether oxygens (including phenoxy) is 1. The van der Waals surface area contributed by atoms with Gasteiger partial charge in [-0.2, -0.15) is 0 Å². The van der Waals surface area contributed by atoms with Crippen LogP contribution in [0, 0.1) is 5.92 Å². The fourth-order valence-corrected chi connectivity index (χ4v) is 5.84. The van der Waals surface area contributed by atoms with Crippen LogP contribution < -0.4 is 4.90 Å². The number of fused-ring (bicyclic) bond motifs is 3. The minimum absolute atomic E-state index is 0.207. The van der Waals surface area contributed by atoms with Crippen LogP contribution in [0.4, 0.5) is 9.80 Å². The van der Waals surface area contributed by atoms with E-state index in [1.165, 1.54) is 0 Å². The number of carbonyl (C=O) groups excluding carboxylic acids is 1. The lowest BCUT2D eigenvalue weighted by molar-refractivity contribution is -0.0881. The summed E-state index contributed by atoms with van der Waals surface area (Å²) in [5.41, 5.74) is 0.561. The molecule has 1 spiro atoms. The van der Waals surface area contributed by atoms with Gasteiger partial charge in [-0.1, -0.05) is 18.2 Å². The van der Waals surface area contributed by atoms with Crippen molar-refractivity contribution in [3.05, 3.63) is 42.5 Å². The molecule has 1 amide bonds. The largest absolute Gasteiger partial charge is 0.455 e. The molecule has 0 aliphatic carbocycles. The third-order valence-electron chi connectivity index (χ3n) is 6.29. The average Bonchev–Trinajstić information content (AvgIpc) is 3.39. The number of carbonyl (C=O) groups is 1. The number of anilines is 1. The van der Waals surface area contributed by atoms with E-state index >= 15 is 0 Å². The number of nitrogens with zero attached hydrogens (tertiary/aromatic N) is 2. The van der Waals surface area contributed by atoms with Gasteiger partial charge in [-0.05, 0) is 50.2 Å². The summed E-state index contributed by atoms with van der Waals surface area (Å²) in [6.07, 6.45) is 2.06. The van der Waals surface area contributed by atoms with Gasteiger partial charge in [0.2, 0.25) is 0 Å². The van der Waals surface area contributed by atoms with Crippen LogP contribution in [0.1, 0.15) is 12.8 Å². The fraction of sp³-hybridized carbons (Fsp3) is 0.381. The first kappa shape index (κ1) is 15.7. The number of piperidine rings is 3. The first-order valence-electron chi connectivity index (χ1n) is 9.52. The molecule has 1 unspecified atom stereocenters. The van der Waals surface area contributed by atoms with Crippen LogP contribution >= 0.6 is 11.3 Å². The van der Waals surface area contributed by atoms with Gasteiger partial charge in [0.15, 0.2) is 0 Å². The van der Waals surface area contributed by atoms with Gasteiger partial charge in [-0.15, -0.1) is 11.3 Å². The van der Waals surface area contributed by atoms with Gasteiger partial charge in [0.05, 0.1) is 11.4 Å². The molecule has 6 heteroatoms. The molecule has 1 aromatic carbocycles. The quantitative estimate of drug-likeness (QED) is 0.653. The lowest BCUT2D eigenvalue weighted by Crippen LogP contribution is -2.61. The predicted molar refractivity (Wildman–Crippen MR) is 105 cm³/mol. The molecule has 4 saturated heterocycles. The zero-order valence-corrected chi connectivity index (χ0v) is 15.7. The summed E-state index contributed by atoms with van der Waals surface area (Å²) >= 11 is 1.59. The highest BCUT2D eigenvalue weighted by molar-refractivity contribution is 7.19. The van der Waals surface area contributed by atoms with Crippen LogP contribution in [0.3, 0.4) is 0 Å². The van der Waals surface area contributed by atoms with Gasteiger partial charge in [-0.25, -0.2) is 4.79 Å². The van der Waals surface area contributed by atoms with Crippen LogP contribution in [0.15, 0.2) is 46.9 Å². The van der Waals surface area contributed by atoms with E-state index in [9.17, 15) is 4.79 Å². The molecule has 1 atom stereocenters. The molecule has 3 aromatic rings. The van der Waals surface area contributed by atoms with E-state index in [1.807, 2.05) is 41.3 Å². The Bertz CT molecular complexity index is 1000. The third-order valence-corrected chi connectivity index (χ3v) is 7.41. The zero-order valence-electron chi connectivity index (χ0n) is 14.9. The van der Waals surface area contributed by atoms with Gasteiger partial charge in [0.25, 0.3) is 0 Å². The number of thiophene rings is 1. The molecule has 4 aliphatic rings. The van der Waals surface area contributed by atoms with Crippen LogP contribution in [0.5, 0.6) is 0 Å². The molecule has 138 valence electrons. The van der Waals surface area contributed by atoms with E-state index in [0.29, 0.717) is 12.5 Å². The number of para-hydroxylation sites is 1. The average molecular weight is 380 g/mol. The number of hydrogen-bond acceptors (Lipinski definition) is 5. The van der Waals surface area contributed by atoms with E-state index in [-0.39, 0.29) is 11.7 Å². The summed E-state index contributed by atoms with van der Waals surface area (Å²) in [4.78, 5) is 18.0. The lowest BCUT2D eigenvalue weighted by Gasteiger charge is -2.49. The van der Waals surface area contributed by atoms with Crippen LogP contribution in [0.2, 0.25) is 0 Å². The number of hydrogen-bond donors (Lipinski definition) is 0. The molecule has 4 aliphatic heterocycles. The monoisotopic (exact) mass is 380 g/mol. The van der Waals surface area contributed by atoms with Gasteiger partial charge >= 0.3 is 6.09 Å². The van der Waals surface area contributed by atoms with Crippen LogP contribution in [-0.2, 0) is 4.74 Å².